The van der Waals surface area contributed by atoms with E-state index in [0.29, 0.717) is 11.5 Å². The van der Waals surface area contributed by atoms with Crippen LogP contribution in [-0.4, -0.2) is 16.9 Å². The molecule has 0 aliphatic rings. The van der Waals surface area contributed by atoms with E-state index in [4.69, 9.17) is 9.47 Å². The number of ether oxygens (including phenoxy) is 2. The highest BCUT2D eigenvalue weighted by molar-refractivity contribution is 14.1. The van der Waals surface area contributed by atoms with E-state index in [1.807, 2.05) is 18.2 Å². The summed E-state index contributed by atoms with van der Waals surface area (Å²) in [6.45, 7) is 1.38. The Hall–Kier alpha value is -1.76. The van der Waals surface area contributed by atoms with Crippen LogP contribution in [0.3, 0.4) is 0 Å². The van der Waals surface area contributed by atoms with Gasteiger partial charge in [-0.1, -0.05) is 18.2 Å². The van der Waals surface area contributed by atoms with Gasteiger partial charge in [0.25, 0.3) is 0 Å². The molecule has 104 valence electrons. The van der Waals surface area contributed by atoms with Crippen LogP contribution in [0.25, 0.3) is 0 Å². The Kier molecular flexibility index (Phi) is 4.49. The summed E-state index contributed by atoms with van der Waals surface area (Å²) in [6.07, 6.45) is 0. The smallest absolute Gasteiger partial charge is 0.390 e. The zero-order chi connectivity index (χ0) is 14.6. The average Bonchev–Trinajstić information content (AvgIpc) is 2.42. The van der Waals surface area contributed by atoms with Crippen LogP contribution in [0.2, 0.25) is 0 Å². The van der Waals surface area contributed by atoms with Crippen LogP contribution >= 0.6 is 22.6 Å². The maximum atomic E-state index is 11.4. The molecule has 2 aromatic rings. The molecule has 1 atom stereocenters. The molecule has 2 rings (SSSR count). The van der Waals surface area contributed by atoms with Gasteiger partial charge in [0.1, 0.15) is 11.5 Å². The Morgan fingerprint density at radius 3 is 2.00 bits per heavy atom. The molecule has 0 saturated carbocycles. The second kappa shape index (κ2) is 6.13. The zero-order valence-electron chi connectivity index (χ0n) is 10.7. The third-order valence-electron chi connectivity index (χ3n) is 2.57. The van der Waals surface area contributed by atoms with E-state index < -0.39 is 11.8 Å². The summed E-state index contributed by atoms with van der Waals surface area (Å²) in [7, 11) is 0. The van der Waals surface area contributed by atoms with Gasteiger partial charge in [0, 0.05) is 10.5 Å². The first-order chi connectivity index (χ1) is 9.49. The fraction of sp³-hybridized carbons (Fsp3) is 0.133. The van der Waals surface area contributed by atoms with Gasteiger partial charge in [0.2, 0.25) is 0 Å². The van der Waals surface area contributed by atoms with Crippen molar-refractivity contribution in [2.45, 2.75) is 12.7 Å². The molecule has 0 aliphatic heterocycles. The number of rotatable bonds is 5. The molecule has 0 saturated heterocycles. The highest BCUT2D eigenvalue weighted by Crippen LogP contribution is 2.24. The molecule has 0 amide bonds. The van der Waals surface area contributed by atoms with Crippen LogP contribution in [0, 0.1) is 3.57 Å². The van der Waals surface area contributed by atoms with Gasteiger partial charge in [-0.3, -0.25) is 0 Å². The topological polar surface area (TPSA) is 55.8 Å². The second-order valence-electron chi connectivity index (χ2n) is 4.22. The van der Waals surface area contributed by atoms with E-state index in [9.17, 15) is 9.90 Å². The summed E-state index contributed by atoms with van der Waals surface area (Å²) < 4.78 is 12.0. The fourth-order valence-corrected chi connectivity index (χ4v) is 1.91. The first kappa shape index (κ1) is 14.6. The Morgan fingerprint density at radius 1 is 1.00 bits per heavy atom. The van der Waals surface area contributed by atoms with Crippen molar-refractivity contribution in [2.75, 3.05) is 0 Å². The predicted octanol–water partition coefficient (Wildman–Crippen LogP) is 3.55. The Morgan fingerprint density at radius 2 is 1.50 bits per heavy atom. The molecule has 0 aliphatic carbocycles. The molecule has 1 N–H and O–H groups in total. The Balaban J connectivity index is 2.21. The lowest BCUT2D eigenvalue weighted by Crippen LogP contribution is -2.47. The van der Waals surface area contributed by atoms with Crippen molar-refractivity contribution in [2.24, 2.45) is 0 Å². The highest BCUT2D eigenvalue weighted by atomic mass is 127. The maximum absolute atomic E-state index is 11.4. The van der Waals surface area contributed by atoms with Crippen molar-refractivity contribution in [3.63, 3.8) is 0 Å². The van der Waals surface area contributed by atoms with Crippen LogP contribution < -0.4 is 9.47 Å². The Labute approximate surface area is 130 Å². The molecule has 0 heterocycles. The number of aliphatic carboxylic acids is 1. The lowest BCUT2D eigenvalue weighted by Gasteiger charge is -2.27. The van der Waals surface area contributed by atoms with Gasteiger partial charge in [0.15, 0.2) is 0 Å². The minimum absolute atomic E-state index is 0.433. The van der Waals surface area contributed by atoms with Gasteiger partial charge in [-0.25, -0.2) is 4.79 Å². The maximum Gasteiger partial charge on any atom is 0.390 e. The molecule has 5 heteroatoms. The van der Waals surface area contributed by atoms with Crippen LogP contribution in [0.4, 0.5) is 0 Å². The van der Waals surface area contributed by atoms with E-state index >= 15 is 0 Å². The molecular weight excluding hydrogens is 371 g/mol. The van der Waals surface area contributed by atoms with Gasteiger partial charge in [-0.05, 0) is 59.0 Å². The number of carboxylic acid groups (broad SMARTS) is 1. The van der Waals surface area contributed by atoms with Crippen LogP contribution in [-0.2, 0) is 4.79 Å². The van der Waals surface area contributed by atoms with Crippen molar-refractivity contribution in [3.8, 4) is 11.5 Å². The molecule has 0 bridgehead atoms. The highest BCUT2D eigenvalue weighted by Gasteiger charge is 2.38. The number of carbonyl (C=O) groups is 1. The fourth-order valence-electron chi connectivity index (χ4n) is 1.55. The SMILES string of the molecule is CC(Oc1ccccc1)(Oc1ccc(I)cc1)C(=O)O. The van der Waals surface area contributed by atoms with E-state index in [1.54, 1.807) is 36.4 Å². The monoisotopic (exact) mass is 384 g/mol. The van der Waals surface area contributed by atoms with Gasteiger partial charge < -0.3 is 14.6 Å². The van der Waals surface area contributed by atoms with Crippen LogP contribution in [0.15, 0.2) is 54.6 Å². The number of para-hydroxylation sites is 1. The number of hydrogen-bond acceptors (Lipinski definition) is 3. The minimum atomic E-state index is -1.78. The number of halogens is 1. The third-order valence-corrected chi connectivity index (χ3v) is 3.29. The minimum Gasteiger partial charge on any atom is -0.475 e. The summed E-state index contributed by atoms with van der Waals surface area (Å²) >= 11 is 2.16. The summed E-state index contributed by atoms with van der Waals surface area (Å²) in [6, 6.07) is 15.8. The zero-order valence-corrected chi connectivity index (χ0v) is 12.9. The molecule has 4 nitrogen and oxygen atoms in total. The van der Waals surface area contributed by atoms with Crippen LogP contribution in [0.5, 0.6) is 11.5 Å². The average molecular weight is 384 g/mol. The lowest BCUT2D eigenvalue weighted by atomic mass is 10.3. The third kappa shape index (κ3) is 3.63. The van der Waals surface area contributed by atoms with E-state index in [-0.39, 0.29) is 0 Å². The first-order valence-electron chi connectivity index (χ1n) is 5.92. The quantitative estimate of drug-likeness (QED) is 0.633. The van der Waals surface area contributed by atoms with E-state index in [0.717, 1.165) is 3.57 Å². The molecule has 0 spiro atoms. The summed E-state index contributed by atoms with van der Waals surface area (Å²) in [5, 5.41) is 9.36. The van der Waals surface area contributed by atoms with Gasteiger partial charge in [-0.15, -0.1) is 0 Å². The molecule has 0 fully saturated rings. The molecule has 1 unspecified atom stereocenters. The summed E-state index contributed by atoms with van der Waals surface area (Å²) in [5.74, 6) is -2.11. The van der Waals surface area contributed by atoms with Crippen molar-refractivity contribution < 1.29 is 19.4 Å². The van der Waals surface area contributed by atoms with Crippen molar-refractivity contribution in [1.82, 2.24) is 0 Å². The van der Waals surface area contributed by atoms with E-state index in [2.05, 4.69) is 22.6 Å². The van der Waals surface area contributed by atoms with Crippen molar-refractivity contribution in [1.29, 1.82) is 0 Å². The largest absolute Gasteiger partial charge is 0.475 e. The predicted molar refractivity (Wildman–Crippen MR) is 82.9 cm³/mol. The van der Waals surface area contributed by atoms with Crippen LogP contribution in [0.1, 0.15) is 6.92 Å². The lowest BCUT2D eigenvalue weighted by molar-refractivity contribution is -0.181. The Bertz CT molecular complexity index is 583. The molecule has 2 aromatic carbocycles. The number of carboxylic acids is 1. The summed E-state index contributed by atoms with van der Waals surface area (Å²) in [4.78, 5) is 11.4. The van der Waals surface area contributed by atoms with Crippen molar-refractivity contribution in [3.05, 3.63) is 58.2 Å². The first-order valence-corrected chi connectivity index (χ1v) is 6.99. The normalized spacial score (nSPS) is 13.3. The van der Waals surface area contributed by atoms with Gasteiger partial charge >= 0.3 is 11.8 Å². The van der Waals surface area contributed by atoms with Gasteiger partial charge in [-0.2, -0.15) is 0 Å². The molecule has 0 radical (unpaired) electrons. The van der Waals surface area contributed by atoms with E-state index in [1.165, 1.54) is 6.92 Å². The second-order valence-corrected chi connectivity index (χ2v) is 5.47. The molecule has 0 aromatic heterocycles. The molecule has 20 heavy (non-hydrogen) atoms. The molecular formula is C15H13IO4. The standard InChI is InChI=1S/C15H13IO4/c1-15(14(17)18,19-12-5-3-2-4-6-12)20-13-9-7-11(16)8-10-13/h2-10H,1H3,(H,17,18). The van der Waals surface area contributed by atoms with Gasteiger partial charge in [0.05, 0.1) is 0 Å². The summed E-state index contributed by atoms with van der Waals surface area (Å²) in [5.41, 5.74) is 0. The number of hydrogen-bond donors (Lipinski definition) is 1. The number of benzene rings is 2. The van der Waals surface area contributed by atoms with Crippen molar-refractivity contribution >= 4 is 28.6 Å².